The Morgan fingerprint density at radius 3 is 2.47 bits per heavy atom. The van der Waals surface area contributed by atoms with Crippen LogP contribution in [0.25, 0.3) is 17.2 Å². The van der Waals surface area contributed by atoms with Gasteiger partial charge in [-0.3, -0.25) is 9.69 Å². The van der Waals surface area contributed by atoms with Gasteiger partial charge in [0, 0.05) is 11.8 Å². The summed E-state index contributed by atoms with van der Waals surface area (Å²) in [6.07, 6.45) is 3.73. The molecule has 0 spiro atoms. The molecule has 0 radical (unpaired) electrons. The summed E-state index contributed by atoms with van der Waals surface area (Å²) in [6.45, 7) is 0. The average Bonchev–Trinajstić information content (AvgIpc) is 2.64. The maximum absolute atomic E-state index is 12.0. The van der Waals surface area contributed by atoms with E-state index in [-0.39, 0.29) is 11.8 Å². The molecule has 0 unspecified atom stereocenters. The lowest BCUT2D eigenvalue weighted by molar-refractivity contribution is -0.115. The minimum Gasteiger partial charge on any atom is -0.286 e. The number of carbonyl (C=O) groups excluding carboxylic acids is 1. The second-order valence-electron chi connectivity index (χ2n) is 4.32. The summed E-state index contributed by atoms with van der Waals surface area (Å²) in [5.74, 6) is -0.159. The molecule has 0 N–H and O–H groups in total. The van der Waals surface area contributed by atoms with Crippen molar-refractivity contribution in [2.24, 2.45) is 0 Å². The van der Waals surface area contributed by atoms with Gasteiger partial charge in [-0.1, -0.05) is 42.5 Å². The molecule has 0 saturated heterocycles. The smallest absolute Gasteiger partial charge is 0.245 e. The predicted molar refractivity (Wildman–Crippen MR) is 79.1 cm³/mol. The van der Waals surface area contributed by atoms with E-state index in [1.165, 1.54) is 0 Å². The van der Waals surface area contributed by atoms with Crippen molar-refractivity contribution in [3.8, 4) is 11.1 Å². The van der Waals surface area contributed by atoms with Crippen molar-refractivity contribution in [2.75, 3.05) is 10.8 Å². The quantitative estimate of drug-likeness (QED) is 0.719. The number of nitrogens with zero attached hydrogens (tertiary/aromatic N) is 1. The molecule has 2 aromatic carbocycles. The molecule has 19 heavy (non-hydrogen) atoms. The predicted octanol–water partition coefficient (Wildman–Crippen LogP) is 3.91. The fourth-order valence-electron chi connectivity index (χ4n) is 2.32. The number of alkyl halides is 1. The van der Waals surface area contributed by atoms with Gasteiger partial charge >= 0.3 is 0 Å². The molecule has 0 saturated carbocycles. The normalized spacial score (nSPS) is 12.6. The first-order chi connectivity index (χ1) is 9.31. The highest BCUT2D eigenvalue weighted by atomic mass is 35.5. The summed E-state index contributed by atoms with van der Waals surface area (Å²) >= 11 is 5.69. The summed E-state index contributed by atoms with van der Waals surface area (Å²) in [5.41, 5.74) is 4.13. The molecule has 0 atom stereocenters. The summed E-state index contributed by atoms with van der Waals surface area (Å²) in [5, 5.41) is 0. The largest absolute Gasteiger partial charge is 0.286 e. The lowest BCUT2D eigenvalue weighted by Crippen LogP contribution is -2.26. The van der Waals surface area contributed by atoms with Crippen molar-refractivity contribution in [1.82, 2.24) is 0 Å². The molecule has 0 aromatic heterocycles. The fraction of sp³-hybridized carbons (Fsp3) is 0.0625. The van der Waals surface area contributed by atoms with Gasteiger partial charge in [0.25, 0.3) is 0 Å². The van der Waals surface area contributed by atoms with Gasteiger partial charge in [-0.2, -0.15) is 0 Å². The Bertz CT molecular complexity index is 663. The highest BCUT2D eigenvalue weighted by Gasteiger charge is 2.19. The van der Waals surface area contributed by atoms with E-state index in [9.17, 15) is 4.79 Å². The van der Waals surface area contributed by atoms with Gasteiger partial charge in [0.05, 0.1) is 5.69 Å². The van der Waals surface area contributed by atoms with Crippen LogP contribution < -0.4 is 4.90 Å². The molecular weight excluding hydrogens is 258 g/mol. The maximum atomic E-state index is 12.0. The van der Waals surface area contributed by atoms with E-state index in [1.807, 2.05) is 48.5 Å². The van der Waals surface area contributed by atoms with Crippen LogP contribution in [0.1, 0.15) is 5.56 Å². The van der Waals surface area contributed by atoms with E-state index in [0.717, 1.165) is 22.4 Å². The molecule has 1 aliphatic rings. The number of amides is 1. The van der Waals surface area contributed by atoms with E-state index in [0.29, 0.717) is 0 Å². The van der Waals surface area contributed by atoms with E-state index in [4.69, 9.17) is 11.6 Å². The van der Waals surface area contributed by atoms with Crippen molar-refractivity contribution in [3.05, 3.63) is 60.3 Å². The minimum absolute atomic E-state index is 0.0327. The second kappa shape index (κ2) is 4.90. The van der Waals surface area contributed by atoms with Gasteiger partial charge < -0.3 is 0 Å². The van der Waals surface area contributed by atoms with Crippen molar-refractivity contribution in [3.63, 3.8) is 0 Å². The SMILES string of the molecule is O=C(CCl)N1C=Cc2ccccc2-c2ccccc21. The third-order valence-corrected chi connectivity index (χ3v) is 3.43. The first kappa shape index (κ1) is 12.0. The Morgan fingerprint density at radius 1 is 1.00 bits per heavy atom. The lowest BCUT2D eigenvalue weighted by atomic mass is 9.99. The number of anilines is 1. The topological polar surface area (TPSA) is 20.3 Å². The summed E-state index contributed by atoms with van der Waals surface area (Å²) in [7, 11) is 0. The number of hydrogen-bond acceptors (Lipinski definition) is 1. The molecule has 1 amide bonds. The maximum Gasteiger partial charge on any atom is 0.245 e. The van der Waals surface area contributed by atoms with E-state index >= 15 is 0 Å². The molecule has 1 heterocycles. The Labute approximate surface area is 116 Å². The van der Waals surface area contributed by atoms with Gasteiger partial charge in [0.15, 0.2) is 0 Å². The first-order valence-corrected chi connectivity index (χ1v) is 6.59. The van der Waals surface area contributed by atoms with Gasteiger partial charge in [-0.05, 0) is 23.3 Å². The second-order valence-corrected chi connectivity index (χ2v) is 4.58. The zero-order valence-electron chi connectivity index (χ0n) is 10.2. The number of fused-ring (bicyclic) bond motifs is 3. The highest BCUT2D eigenvalue weighted by molar-refractivity contribution is 6.30. The van der Waals surface area contributed by atoms with Crippen LogP contribution in [0.3, 0.4) is 0 Å². The minimum atomic E-state index is -0.127. The molecule has 1 aliphatic heterocycles. The van der Waals surface area contributed by atoms with Crippen LogP contribution in [0.4, 0.5) is 5.69 Å². The number of halogens is 1. The molecule has 3 heteroatoms. The van der Waals surface area contributed by atoms with Crippen molar-refractivity contribution in [1.29, 1.82) is 0 Å². The Kier molecular flexibility index (Phi) is 3.10. The third kappa shape index (κ3) is 2.04. The van der Waals surface area contributed by atoms with E-state index in [2.05, 4.69) is 6.07 Å². The summed E-state index contributed by atoms with van der Waals surface area (Å²) in [4.78, 5) is 13.6. The van der Waals surface area contributed by atoms with Gasteiger partial charge in [-0.15, -0.1) is 11.6 Å². The highest BCUT2D eigenvalue weighted by Crippen LogP contribution is 2.36. The zero-order valence-corrected chi connectivity index (χ0v) is 11.0. The first-order valence-electron chi connectivity index (χ1n) is 6.06. The van der Waals surface area contributed by atoms with Crippen LogP contribution >= 0.6 is 11.6 Å². The molecular formula is C16H12ClNO. The Morgan fingerprint density at radius 2 is 1.68 bits per heavy atom. The van der Waals surface area contributed by atoms with Crippen LogP contribution in [0.5, 0.6) is 0 Å². The van der Waals surface area contributed by atoms with Crippen LogP contribution in [-0.4, -0.2) is 11.8 Å². The Hall–Kier alpha value is -2.06. The molecule has 94 valence electrons. The van der Waals surface area contributed by atoms with Crippen LogP contribution in [0.2, 0.25) is 0 Å². The van der Waals surface area contributed by atoms with E-state index in [1.54, 1.807) is 11.1 Å². The third-order valence-electron chi connectivity index (χ3n) is 3.20. The number of para-hydroxylation sites is 1. The van der Waals surface area contributed by atoms with Crippen molar-refractivity contribution >= 4 is 29.3 Å². The standard InChI is InChI=1S/C16H12ClNO/c17-11-16(19)18-10-9-12-5-1-2-6-13(12)14-7-3-4-8-15(14)18/h1-10H,11H2. The molecule has 0 fully saturated rings. The fourth-order valence-corrected chi connectivity index (χ4v) is 2.44. The van der Waals surface area contributed by atoms with Gasteiger partial charge in [0.1, 0.15) is 5.88 Å². The monoisotopic (exact) mass is 269 g/mol. The van der Waals surface area contributed by atoms with Crippen molar-refractivity contribution < 1.29 is 4.79 Å². The van der Waals surface area contributed by atoms with E-state index < -0.39 is 0 Å². The number of hydrogen-bond donors (Lipinski definition) is 0. The molecule has 0 bridgehead atoms. The van der Waals surface area contributed by atoms with Crippen LogP contribution in [0, 0.1) is 0 Å². The lowest BCUT2D eigenvalue weighted by Gasteiger charge is -2.19. The molecule has 2 nitrogen and oxygen atoms in total. The number of rotatable bonds is 1. The van der Waals surface area contributed by atoms with Crippen LogP contribution in [-0.2, 0) is 4.79 Å². The number of carbonyl (C=O) groups is 1. The molecule has 0 aliphatic carbocycles. The average molecular weight is 270 g/mol. The zero-order chi connectivity index (χ0) is 13.2. The molecule has 3 rings (SSSR count). The molecule has 2 aromatic rings. The van der Waals surface area contributed by atoms with Gasteiger partial charge in [0.2, 0.25) is 5.91 Å². The van der Waals surface area contributed by atoms with Gasteiger partial charge in [-0.25, -0.2) is 0 Å². The van der Waals surface area contributed by atoms with Crippen LogP contribution in [0.15, 0.2) is 54.7 Å². The summed E-state index contributed by atoms with van der Waals surface area (Å²) < 4.78 is 0. The summed E-state index contributed by atoms with van der Waals surface area (Å²) in [6, 6.07) is 16.0. The number of benzene rings is 2. The van der Waals surface area contributed by atoms with Crippen molar-refractivity contribution in [2.45, 2.75) is 0 Å². The Balaban J connectivity index is 2.26.